The van der Waals surface area contributed by atoms with Crippen LogP contribution in [0.25, 0.3) is 10.8 Å². The number of fused-ring (bicyclic) bond motifs is 1. The molecule has 126 valence electrons. The number of benzene rings is 3. The SMILES string of the molecule is C[C@@H](Sc1ccc2ccccc2c1)C(=O)Nc1ccc(C(N)=O)cc1. The Bertz CT molecular complexity index is 922. The van der Waals surface area contributed by atoms with Crippen LogP contribution in [0.2, 0.25) is 0 Å². The van der Waals surface area contributed by atoms with Gasteiger partial charge in [-0.05, 0) is 54.1 Å². The fourth-order valence-electron chi connectivity index (χ4n) is 2.46. The molecule has 0 radical (unpaired) electrons. The Morgan fingerprint density at radius 2 is 1.64 bits per heavy atom. The number of nitrogens with two attached hydrogens (primary N) is 1. The summed E-state index contributed by atoms with van der Waals surface area (Å²) in [5, 5.41) is 4.93. The maximum Gasteiger partial charge on any atom is 0.248 e. The molecule has 0 unspecified atom stereocenters. The zero-order valence-electron chi connectivity index (χ0n) is 13.7. The van der Waals surface area contributed by atoms with Crippen LogP contribution in [0.5, 0.6) is 0 Å². The van der Waals surface area contributed by atoms with Gasteiger partial charge in [0.25, 0.3) is 0 Å². The van der Waals surface area contributed by atoms with Crippen molar-refractivity contribution in [3.63, 3.8) is 0 Å². The molecular weight excluding hydrogens is 332 g/mol. The average molecular weight is 350 g/mol. The lowest BCUT2D eigenvalue weighted by atomic mass is 10.1. The second kappa shape index (κ2) is 7.40. The van der Waals surface area contributed by atoms with Gasteiger partial charge in [-0.2, -0.15) is 0 Å². The zero-order chi connectivity index (χ0) is 17.8. The van der Waals surface area contributed by atoms with Crippen LogP contribution >= 0.6 is 11.8 Å². The number of amides is 2. The van der Waals surface area contributed by atoms with Crippen molar-refractivity contribution >= 4 is 40.0 Å². The number of primary amides is 1. The second-order valence-corrected chi connectivity index (χ2v) is 7.11. The molecule has 0 saturated heterocycles. The van der Waals surface area contributed by atoms with Crippen molar-refractivity contribution < 1.29 is 9.59 Å². The molecule has 3 rings (SSSR count). The normalized spacial score (nSPS) is 11.9. The predicted octanol–water partition coefficient (Wildman–Crippen LogP) is 4.06. The maximum absolute atomic E-state index is 12.4. The summed E-state index contributed by atoms with van der Waals surface area (Å²) < 4.78 is 0. The van der Waals surface area contributed by atoms with Crippen LogP contribution in [0.15, 0.2) is 71.6 Å². The molecule has 0 bridgehead atoms. The van der Waals surface area contributed by atoms with Gasteiger partial charge in [-0.1, -0.05) is 30.3 Å². The van der Waals surface area contributed by atoms with Gasteiger partial charge in [-0.3, -0.25) is 9.59 Å². The van der Waals surface area contributed by atoms with E-state index in [4.69, 9.17) is 5.73 Å². The summed E-state index contributed by atoms with van der Waals surface area (Å²) in [7, 11) is 0. The minimum absolute atomic E-state index is 0.0926. The Balaban J connectivity index is 1.66. The highest BCUT2D eigenvalue weighted by Gasteiger charge is 2.15. The molecular formula is C20H18N2O2S. The Hall–Kier alpha value is -2.79. The lowest BCUT2D eigenvalue weighted by molar-refractivity contribution is -0.115. The van der Waals surface area contributed by atoms with Gasteiger partial charge >= 0.3 is 0 Å². The largest absolute Gasteiger partial charge is 0.366 e. The third-order valence-corrected chi connectivity index (χ3v) is 4.93. The highest BCUT2D eigenvalue weighted by Crippen LogP contribution is 2.27. The Morgan fingerprint density at radius 3 is 2.32 bits per heavy atom. The lowest BCUT2D eigenvalue weighted by Gasteiger charge is -2.12. The molecule has 5 heteroatoms. The first kappa shape index (κ1) is 17.0. The standard InChI is InChI=1S/C20H18N2O2S/c1-13(20(24)22-17-9-6-15(7-10-17)19(21)23)25-18-11-8-14-4-2-3-5-16(14)12-18/h2-13H,1H3,(H2,21,23)(H,22,24)/t13-/m1/s1. The van der Waals surface area contributed by atoms with E-state index in [0.29, 0.717) is 11.3 Å². The molecule has 0 aliphatic carbocycles. The summed E-state index contributed by atoms with van der Waals surface area (Å²) in [6.45, 7) is 1.87. The molecule has 2 amide bonds. The molecule has 0 heterocycles. The Kier molecular flexibility index (Phi) is 5.05. The molecule has 0 aliphatic heterocycles. The summed E-state index contributed by atoms with van der Waals surface area (Å²) in [4.78, 5) is 24.5. The number of carbonyl (C=O) groups excluding carboxylic acids is 2. The van der Waals surface area contributed by atoms with E-state index >= 15 is 0 Å². The van der Waals surface area contributed by atoms with Crippen molar-refractivity contribution in [3.05, 3.63) is 72.3 Å². The second-order valence-electron chi connectivity index (χ2n) is 5.70. The van der Waals surface area contributed by atoms with Crippen LogP contribution < -0.4 is 11.1 Å². The first-order valence-corrected chi connectivity index (χ1v) is 8.77. The molecule has 0 spiro atoms. The van der Waals surface area contributed by atoms with Crippen molar-refractivity contribution in [2.24, 2.45) is 5.73 Å². The minimum Gasteiger partial charge on any atom is -0.366 e. The van der Waals surface area contributed by atoms with E-state index in [-0.39, 0.29) is 11.2 Å². The molecule has 0 fully saturated rings. The summed E-state index contributed by atoms with van der Waals surface area (Å²) in [6.07, 6.45) is 0. The number of hydrogen-bond acceptors (Lipinski definition) is 3. The van der Waals surface area contributed by atoms with E-state index in [1.807, 2.05) is 25.1 Å². The van der Waals surface area contributed by atoms with Gasteiger partial charge in [-0.15, -0.1) is 11.8 Å². The van der Waals surface area contributed by atoms with Crippen molar-refractivity contribution in [1.82, 2.24) is 0 Å². The Morgan fingerprint density at radius 1 is 0.960 bits per heavy atom. The average Bonchev–Trinajstić information content (AvgIpc) is 2.62. The van der Waals surface area contributed by atoms with Gasteiger partial charge in [0.15, 0.2) is 0 Å². The van der Waals surface area contributed by atoms with Gasteiger partial charge in [0.2, 0.25) is 11.8 Å². The molecule has 3 aromatic rings. The number of rotatable bonds is 5. The highest BCUT2D eigenvalue weighted by molar-refractivity contribution is 8.00. The van der Waals surface area contributed by atoms with E-state index in [0.717, 1.165) is 10.3 Å². The molecule has 0 aliphatic rings. The highest BCUT2D eigenvalue weighted by atomic mass is 32.2. The summed E-state index contributed by atoms with van der Waals surface area (Å²) in [6, 6.07) is 20.8. The maximum atomic E-state index is 12.4. The first-order valence-electron chi connectivity index (χ1n) is 7.89. The number of nitrogens with one attached hydrogen (secondary N) is 1. The van der Waals surface area contributed by atoms with E-state index in [1.165, 1.54) is 17.1 Å². The molecule has 1 atom stereocenters. The fourth-order valence-corrected chi connectivity index (χ4v) is 3.38. The van der Waals surface area contributed by atoms with Gasteiger partial charge < -0.3 is 11.1 Å². The molecule has 0 aromatic heterocycles. The van der Waals surface area contributed by atoms with Gasteiger partial charge in [-0.25, -0.2) is 0 Å². The number of hydrogen-bond donors (Lipinski definition) is 2. The summed E-state index contributed by atoms with van der Waals surface area (Å²) in [5.41, 5.74) is 6.26. The van der Waals surface area contributed by atoms with Crippen LogP contribution in [0.3, 0.4) is 0 Å². The third-order valence-electron chi connectivity index (χ3n) is 3.84. The Labute approximate surface area is 150 Å². The predicted molar refractivity (Wildman–Crippen MR) is 103 cm³/mol. The van der Waals surface area contributed by atoms with E-state index in [2.05, 4.69) is 29.6 Å². The lowest BCUT2D eigenvalue weighted by Crippen LogP contribution is -2.22. The number of thioether (sulfide) groups is 1. The fraction of sp³-hybridized carbons (Fsp3) is 0.100. The summed E-state index contributed by atoms with van der Waals surface area (Å²) in [5.74, 6) is -0.580. The van der Waals surface area contributed by atoms with Crippen molar-refractivity contribution in [2.75, 3.05) is 5.32 Å². The van der Waals surface area contributed by atoms with Crippen molar-refractivity contribution in [2.45, 2.75) is 17.1 Å². The van der Waals surface area contributed by atoms with Crippen LogP contribution in [-0.4, -0.2) is 17.1 Å². The first-order chi connectivity index (χ1) is 12.0. The molecule has 3 N–H and O–H groups in total. The number of carbonyl (C=O) groups is 2. The topological polar surface area (TPSA) is 72.2 Å². The monoisotopic (exact) mass is 350 g/mol. The summed E-state index contributed by atoms with van der Waals surface area (Å²) >= 11 is 1.51. The van der Waals surface area contributed by atoms with E-state index in [1.54, 1.807) is 24.3 Å². The third kappa shape index (κ3) is 4.19. The van der Waals surface area contributed by atoms with Gasteiger partial charge in [0.05, 0.1) is 5.25 Å². The van der Waals surface area contributed by atoms with Crippen LogP contribution in [-0.2, 0) is 4.79 Å². The smallest absolute Gasteiger partial charge is 0.248 e. The number of anilines is 1. The molecule has 0 saturated carbocycles. The van der Waals surface area contributed by atoms with Crippen molar-refractivity contribution in [3.8, 4) is 0 Å². The quantitative estimate of drug-likeness (QED) is 0.682. The van der Waals surface area contributed by atoms with E-state index in [9.17, 15) is 9.59 Å². The zero-order valence-corrected chi connectivity index (χ0v) is 14.5. The van der Waals surface area contributed by atoms with Gasteiger partial charge in [0.1, 0.15) is 0 Å². The van der Waals surface area contributed by atoms with Crippen molar-refractivity contribution in [1.29, 1.82) is 0 Å². The van der Waals surface area contributed by atoms with E-state index < -0.39 is 5.91 Å². The molecule has 4 nitrogen and oxygen atoms in total. The van der Waals surface area contributed by atoms with Gasteiger partial charge in [0, 0.05) is 16.1 Å². The van der Waals surface area contributed by atoms with Crippen LogP contribution in [0, 0.1) is 0 Å². The molecule has 25 heavy (non-hydrogen) atoms. The molecule has 3 aromatic carbocycles. The van der Waals surface area contributed by atoms with Crippen LogP contribution in [0.1, 0.15) is 17.3 Å². The van der Waals surface area contributed by atoms with Crippen LogP contribution in [0.4, 0.5) is 5.69 Å². The minimum atomic E-state index is -0.488.